The van der Waals surface area contributed by atoms with Gasteiger partial charge in [-0.15, -0.1) is 0 Å². The summed E-state index contributed by atoms with van der Waals surface area (Å²) in [7, 11) is 0. The number of amides is 1. The van der Waals surface area contributed by atoms with E-state index in [1.807, 2.05) is 0 Å². The van der Waals surface area contributed by atoms with Crippen LogP contribution in [-0.4, -0.2) is 10.9 Å². The van der Waals surface area contributed by atoms with Gasteiger partial charge in [0, 0.05) is 0 Å². The minimum atomic E-state index is -0.720. The standard InChI is InChI=1S/C13H8ClFN4O/c14-12-8(4-7(17)6-18-12)13(20)19-11-3-1-2-10(15)9(11)5-16/h1-4,6H,17H2,(H,19,20). The van der Waals surface area contributed by atoms with Crippen molar-refractivity contribution in [3.05, 3.63) is 52.6 Å². The Morgan fingerprint density at radius 1 is 1.50 bits per heavy atom. The highest BCUT2D eigenvalue weighted by Gasteiger charge is 2.15. The minimum absolute atomic E-state index is 0.0355. The number of aromatic nitrogens is 1. The Morgan fingerprint density at radius 3 is 2.95 bits per heavy atom. The molecule has 0 atom stereocenters. The smallest absolute Gasteiger partial charge is 0.258 e. The van der Waals surface area contributed by atoms with Crippen molar-refractivity contribution in [3.63, 3.8) is 0 Å². The first-order chi connectivity index (χ1) is 9.52. The first-order valence-electron chi connectivity index (χ1n) is 5.44. The molecule has 0 saturated heterocycles. The maximum atomic E-state index is 13.4. The molecule has 0 fully saturated rings. The number of carbonyl (C=O) groups excluding carboxylic acids is 1. The first kappa shape index (κ1) is 13.8. The molecule has 0 aliphatic heterocycles. The van der Waals surface area contributed by atoms with Gasteiger partial charge in [0.15, 0.2) is 0 Å². The fraction of sp³-hybridized carbons (Fsp3) is 0. The van der Waals surface area contributed by atoms with Crippen LogP contribution >= 0.6 is 11.6 Å². The highest BCUT2D eigenvalue weighted by molar-refractivity contribution is 6.33. The van der Waals surface area contributed by atoms with Crippen molar-refractivity contribution in [1.82, 2.24) is 4.98 Å². The second kappa shape index (κ2) is 5.55. The Hall–Kier alpha value is -2.65. The van der Waals surface area contributed by atoms with E-state index in [1.54, 1.807) is 6.07 Å². The summed E-state index contributed by atoms with van der Waals surface area (Å²) in [5.41, 5.74) is 5.63. The van der Waals surface area contributed by atoms with Gasteiger partial charge in [-0.3, -0.25) is 4.79 Å². The van der Waals surface area contributed by atoms with E-state index >= 15 is 0 Å². The van der Waals surface area contributed by atoms with Crippen LogP contribution in [0.3, 0.4) is 0 Å². The Morgan fingerprint density at radius 2 is 2.25 bits per heavy atom. The minimum Gasteiger partial charge on any atom is -0.397 e. The van der Waals surface area contributed by atoms with Crippen LogP contribution in [0.4, 0.5) is 15.8 Å². The number of anilines is 2. The van der Waals surface area contributed by atoms with Gasteiger partial charge in [-0.25, -0.2) is 9.37 Å². The summed E-state index contributed by atoms with van der Waals surface area (Å²) in [6, 6.07) is 6.94. The highest BCUT2D eigenvalue weighted by Crippen LogP contribution is 2.21. The maximum Gasteiger partial charge on any atom is 0.258 e. The number of benzene rings is 1. The molecular weight excluding hydrogens is 283 g/mol. The molecule has 2 rings (SSSR count). The Bertz CT molecular complexity index is 727. The predicted molar refractivity (Wildman–Crippen MR) is 72.7 cm³/mol. The van der Waals surface area contributed by atoms with E-state index in [1.165, 1.54) is 24.4 Å². The lowest BCUT2D eigenvalue weighted by Gasteiger charge is -2.08. The molecule has 2 aromatic rings. The monoisotopic (exact) mass is 290 g/mol. The lowest BCUT2D eigenvalue weighted by Crippen LogP contribution is -2.14. The Balaban J connectivity index is 2.36. The number of nitrogen functional groups attached to an aromatic ring is 1. The number of carbonyl (C=O) groups is 1. The number of nitrogens with two attached hydrogens (primary N) is 1. The fourth-order valence-electron chi connectivity index (χ4n) is 1.56. The van der Waals surface area contributed by atoms with E-state index in [4.69, 9.17) is 22.6 Å². The van der Waals surface area contributed by atoms with Crippen LogP contribution in [0.2, 0.25) is 5.15 Å². The topological polar surface area (TPSA) is 91.8 Å². The summed E-state index contributed by atoms with van der Waals surface area (Å²) in [5, 5.41) is 11.3. The lowest BCUT2D eigenvalue weighted by molar-refractivity contribution is 0.102. The molecular formula is C13H8ClFN4O. The molecule has 1 aromatic heterocycles. The van der Waals surface area contributed by atoms with Gasteiger partial charge in [0.05, 0.1) is 23.1 Å². The Labute approximate surface area is 118 Å². The van der Waals surface area contributed by atoms with Gasteiger partial charge in [0.1, 0.15) is 22.6 Å². The average molecular weight is 291 g/mol. The number of nitrogens with one attached hydrogen (secondary N) is 1. The lowest BCUT2D eigenvalue weighted by atomic mass is 10.1. The van der Waals surface area contributed by atoms with E-state index < -0.39 is 11.7 Å². The molecule has 0 aliphatic carbocycles. The van der Waals surface area contributed by atoms with Crippen LogP contribution in [0.15, 0.2) is 30.5 Å². The van der Waals surface area contributed by atoms with Crippen molar-refractivity contribution in [1.29, 1.82) is 5.26 Å². The Kier molecular flexibility index (Phi) is 3.82. The zero-order valence-corrected chi connectivity index (χ0v) is 10.8. The number of hydrogen-bond acceptors (Lipinski definition) is 4. The zero-order valence-electron chi connectivity index (χ0n) is 10.0. The quantitative estimate of drug-likeness (QED) is 0.832. The van der Waals surface area contributed by atoms with Gasteiger partial charge in [-0.2, -0.15) is 5.26 Å². The van der Waals surface area contributed by atoms with Crippen LogP contribution in [0.25, 0.3) is 0 Å². The molecule has 0 spiro atoms. The maximum absolute atomic E-state index is 13.4. The molecule has 1 amide bonds. The fourth-order valence-corrected chi connectivity index (χ4v) is 1.74. The predicted octanol–water partition coefficient (Wildman–Crippen LogP) is 2.58. The summed E-state index contributed by atoms with van der Waals surface area (Å²) in [4.78, 5) is 15.8. The molecule has 0 bridgehead atoms. The first-order valence-corrected chi connectivity index (χ1v) is 5.81. The second-order valence-corrected chi connectivity index (χ2v) is 4.19. The number of hydrogen-bond donors (Lipinski definition) is 2. The number of rotatable bonds is 2. The van der Waals surface area contributed by atoms with E-state index in [0.29, 0.717) is 0 Å². The van der Waals surface area contributed by atoms with Crippen LogP contribution in [-0.2, 0) is 0 Å². The third-order valence-electron chi connectivity index (χ3n) is 2.48. The largest absolute Gasteiger partial charge is 0.397 e. The van der Waals surface area contributed by atoms with Crippen LogP contribution in [0.1, 0.15) is 15.9 Å². The molecule has 5 nitrogen and oxygen atoms in total. The van der Waals surface area contributed by atoms with E-state index in [-0.39, 0.29) is 27.7 Å². The van der Waals surface area contributed by atoms with Crippen molar-refractivity contribution < 1.29 is 9.18 Å². The van der Waals surface area contributed by atoms with Gasteiger partial charge in [-0.05, 0) is 18.2 Å². The summed E-state index contributed by atoms with van der Waals surface area (Å²) in [6.07, 6.45) is 1.31. The summed E-state index contributed by atoms with van der Waals surface area (Å²) in [6.45, 7) is 0. The highest BCUT2D eigenvalue weighted by atomic mass is 35.5. The molecule has 20 heavy (non-hydrogen) atoms. The number of nitrogens with zero attached hydrogens (tertiary/aromatic N) is 2. The van der Waals surface area contributed by atoms with E-state index in [0.717, 1.165) is 6.07 Å². The molecule has 0 aliphatic rings. The second-order valence-electron chi connectivity index (χ2n) is 3.84. The van der Waals surface area contributed by atoms with E-state index in [9.17, 15) is 9.18 Å². The SMILES string of the molecule is N#Cc1c(F)cccc1NC(=O)c1cc(N)cnc1Cl. The molecule has 7 heteroatoms. The number of nitriles is 1. The molecule has 0 saturated carbocycles. The zero-order chi connectivity index (χ0) is 14.7. The number of halogens is 2. The van der Waals surface area contributed by atoms with Gasteiger partial charge in [0.2, 0.25) is 0 Å². The average Bonchev–Trinajstić information content (AvgIpc) is 2.41. The van der Waals surface area contributed by atoms with Crippen LogP contribution in [0, 0.1) is 17.1 Å². The van der Waals surface area contributed by atoms with Crippen molar-refractivity contribution in [2.75, 3.05) is 11.1 Å². The van der Waals surface area contributed by atoms with Crippen LogP contribution < -0.4 is 11.1 Å². The van der Waals surface area contributed by atoms with Gasteiger partial charge in [-0.1, -0.05) is 17.7 Å². The summed E-state index contributed by atoms with van der Waals surface area (Å²) >= 11 is 5.80. The number of pyridine rings is 1. The molecule has 1 heterocycles. The third kappa shape index (κ3) is 2.68. The van der Waals surface area contributed by atoms with E-state index in [2.05, 4.69) is 10.3 Å². The summed E-state index contributed by atoms with van der Waals surface area (Å²) < 4.78 is 13.4. The molecule has 1 aromatic carbocycles. The summed E-state index contributed by atoms with van der Waals surface area (Å²) in [5.74, 6) is -1.35. The van der Waals surface area contributed by atoms with Gasteiger partial charge in [0.25, 0.3) is 5.91 Å². The molecule has 0 unspecified atom stereocenters. The molecule has 0 radical (unpaired) electrons. The molecule has 100 valence electrons. The normalized spacial score (nSPS) is 9.85. The van der Waals surface area contributed by atoms with Crippen molar-refractivity contribution >= 4 is 28.9 Å². The van der Waals surface area contributed by atoms with Gasteiger partial charge < -0.3 is 11.1 Å². The van der Waals surface area contributed by atoms with Gasteiger partial charge >= 0.3 is 0 Å². The van der Waals surface area contributed by atoms with Crippen molar-refractivity contribution in [2.24, 2.45) is 0 Å². The third-order valence-corrected chi connectivity index (χ3v) is 2.78. The van der Waals surface area contributed by atoms with Crippen LogP contribution in [0.5, 0.6) is 0 Å². The van der Waals surface area contributed by atoms with Crippen molar-refractivity contribution in [2.45, 2.75) is 0 Å². The molecule has 3 N–H and O–H groups in total. The van der Waals surface area contributed by atoms with Crippen molar-refractivity contribution in [3.8, 4) is 6.07 Å².